The molecular weight excluding hydrogens is 370 g/mol. The minimum atomic E-state index is -0.120. The van der Waals surface area contributed by atoms with Crippen LogP contribution in [0.5, 0.6) is 0 Å². The summed E-state index contributed by atoms with van der Waals surface area (Å²) in [4.78, 5) is 30.1. The predicted octanol–water partition coefficient (Wildman–Crippen LogP) is 4.09. The number of para-hydroxylation sites is 2. The van der Waals surface area contributed by atoms with E-state index in [1.807, 2.05) is 49.4 Å². The summed E-state index contributed by atoms with van der Waals surface area (Å²) in [5, 5.41) is 4.03. The van der Waals surface area contributed by atoms with Crippen molar-refractivity contribution in [3.8, 4) is 5.69 Å². The molecule has 1 heterocycles. The molecule has 146 valence electrons. The maximum absolute atomic E-state index is 13.2. The number of unbranched alkanes of at least 4 members (excludes halogenated alkanes) is 2. The number of thioether (sulfide) groups is 1. The van der Waals surface area contributed by atoms with Gasteiger partial charge in [0, 0.05) is 6.54 Å². The third kappa shape index (κ3) is 4.62. The minimum Gasteiger partial charge on any atom is -0.355 e. The molecule has 0 spiro atoms. The Morgan fingerprint density at radius 3 is 2.64 bits per heavy atom. The van der Waals surface area contributed by atoms with Crippen molar-refractivity contribution in [3.05, 3.63) is 64.4 Å². The molecule has 1 N–H and O–H groups in total. The topological polar surface area (TPSA) is 64.0 Å². The zero-order chi connectivity index (χ0) is 19.9. The SMILES string of the molecule is CCCCCNC(=O)CSc1nc2ccccc2c(=O)n1-c1ccccc1C. The third-order valence-corrected chi connectivity index (χ3v) is 5.47. The Labute approximate surface area is 169 Å². The first kappa shape index (κ1) is 20.1. The lowest BCUT2D eigenvalue weighted by molar-refractivity contribution is -0.118. The standard InChI is InChI=1S/C22H25N3O2S/c1-3-4-9-14-23-20(26)15-28-22-24-18-12-7-6-11-17(18)21(27)25(22)19-13-8-5-10-16(19)2/h5-8,10-13H,3-4,9,14-15H2,1-2H3,(H,23,26). The molecule has 6 heteroatoms. The summed E-state index contributed by atoms with van der Waals surface area (Å²) in [5.74, 6) is 0.183. The second-order valence-corrected chi connectivity index (χ2v) is 7.63. The average molecular weight is 396 g/mol. The van der Waals surface area contributed by atoms with Crippen molar-refractivity contribution in [2.45, 2.75) is 38.3 Å². The van der Waals surface area contributed by atoms with Crippen molar-refractivity contribution in [3.63, 3.8) is 0 Å². The largest absolute Gasteiger partial charge is 0.355 e. The predicted molar refractivity (Wildman–Crippen MR) is 115 cm³/mol. The van der Waals surface area contributed by atoms with Crippen molar-refractivity contribution < 1.29 is 4.79 Å². The highest BCUT2D eigenvalue weighted by molar-refractivity contribution is 7.99. The minimum absolute atomic E-state index is 0.0418. The zero-order valence-electron chi connectivity index (χ0n) is 16.3. The second-order valence-electron chi connectivity index (χ2n) is 6.68. The van der Waals surface area contributed by atoms with Crippen LogP contribution < -0.4 is 10.9 Å². The van der Waals surface area contributed by atoms with Crippen LogP contribution in [-0.4, -0.2) is 27.8 Å². The lowest BCUT2D eigenvalue weighted by Gasteiger charge is -2.15. The highest BCUT2D eigenvalue weighted by Crippen LogP contribution is 2.22. The van der Waals surface area contributed by atoms with Gasteiger partial charge in [-0.25, -0.2) is 4.98 Å². The molecule has 0 saturated carbocycles. The monoisotopic (exact) mass is 395 g/mol. The summed E-state index contributed by atoms with van der Waals surface area (Å²) in [6, 6.07) is 15.0. The third-order valence-electron chi connectivity index (χ3n) is 4.54. The first-order valence-electron chi connectivity index (χ1n) is 9.59. The maximum atomic E-state index is 13.2. The Balaban J connectivity index is 1.92. The van der Waals surface area contributed by atoms with E-state index in [2.05, 4.69) is 17.2 Å². The van der Waals surface area contributed by atoms with Crippen LogP contribution >= 0.6 is 11.8 Å². The molecular formula is C22H25N3O2S. The fourth-order valence-electron chi connectivity index (χ4n) is 3.02. The van der Waals surface area contributed by atoms with Gasteiger partial charge < -0.3 is 5.32 Å². The van der Waals surface area contributed by atoms with Gasteiger partial charge in [-0.2, -0.15) is 0 Å². The van der Waals surface area contributed by atoms with E-state index < -0.39 is 0 Å². The van der Waals surface area contributed by atoms with E-state index in [-0.39, 0.29) is 17.2 Å². The van der Waals surface area contributed by atoms with E-state index in [9.17, 15) is 9.59 Å². The highest BCUT2D eigenvalue weighted by atomic mass is 32.2. The van der Waals surface area contributed by atoms with Gasteiger partial charge in [0.05, 0.1) is 22.3 Å². The Kier molecular flexibility index (Phi) is 6.87. The van der Waals surface area contributed by atoms with E-state index in [1.54, 1.807) is 10.6 Å². The fraction of sp³-hybridized carbons (Fsp3) is 0.318. The Bertz CT molecular complexity index is 1030. The first-order valence-corrected chi connectivity index (χ1v) is 10.6. The molecule has 28 heavy (non-hydrogen) atoms. The molecule has 2 aromatic carbocycles. The lowest BCUT2D eigenvalue weighted by Crippen LogP contribution is -2.27. The van der Waals surface area contributed by atoms with Gasteiger partial charge in [0.2, 0.25) is 5.91 Å². The normalized spacial score (nSPS) is 10.9. The van der Waals surface area contributed by atoms with Gasteiger partial charge in [-0.1, -0.05) is 61.9 Å². The molecule has 3 aromatic rings. The zero-order valence-corrected chi connectivity index (χ0v) is 17.1. The quantitative estimate of drug-likeness (QED) is 0.354. The number of hydrogen-bond acceptors (Lipinski definition) is 4. The number of rotatable bonds is 8. The van der Waals surface area contributed by atoms with Gasteiger partial charge in [-0.05, 0) is 37.1 Å². The molecule has 0 bridgehead atoms. The smallest absolute Gasteiger partial charge is 0.266 e. The average Bonchev–Trinajstić information content (AvgIpc) is 2.71. The number of nitrogens with one attached hydrogen (secondary N) is 1. The molecule has 0 aliphatic heterocycles. The summed E-state index contributed by atoms with van der Waals surface area (Å²) in [7, 11) is 0. The molecule has 5 nitrogen and oxygen atoms in total. The summed E-state index contributed by atoms with van der Waals surface area (Å²) in [5.41, 5.74) is 2.29. The number of amides is 1. The number of carbonyl (C=O) groups is 1. The van der Waals surface area contributed by atoms with Crippen LogP contribution in [0.1, 0.15) is 31.7 Å². The van der Waals surface area contributed by atoms with Crippen LogP contribution in [0.3, 0.4) is 0 Å². The molecule has 0 saturated heterocycles. The van der Waals surface area contributed by atoms with Crippen molar-refractivity contribution in [2.75, 3.05) is 12.3 Å². The summed E-state index contributed by atoms with van der Waals surface area (Å²) in [6.45, 7) is 4.78. The van der Waals surface area contributed by atoms with Crippen LogP contribution in [0.25, 0.3) is 16.6 Å². The van der Waals surface area contributed by atoms with Crippen LogP contribution in [0.4, 0.5) is 0 Å². The number of aromatic nitrogens is 2. The Morgan fingerprint density at radius 1 is 1.11 bits per heavy atom. The van der Waals surface area contributed by atoms with Crippen molar-refractivity contribution in [2.24, 2.45) is 0 Å². The molecule has 1 aromatic heterocycles. The van der Waals surface area contributed by atoms with Gasteiger partial charge >= 0.3 is 0 Å². The van der Waals surface area contributed by atoms with E-state index in [4.69, 9.17) is 0 Å². The summed E-state index contributed by atoms with van der Waals surface area (Å²) < 4.78 is 1.62. The molecule has 3 rings (SSSR count). The van der Waals surface area contributed by atoms with Crippen molar-refractivity contribution in [1.29, 1.82) is 0 Å². The Morgan fingerprint density at radius 2 is 1.86 bits per heavy atom. The molecule has 0 atom stereocenters. The number of nitrogens with zero attached hydrogens (tertiary/aromatic N) is 2. The van der Waals surface area contributed by atoms with Gasteiger partial charge in [-0.3, -0.25) is 14.2 Å². The van der Waals surface area contributed by atoms with Crippen molar-refractivity contribution in [1.82, 2.24) is 14.9 Å². The van der Waals surface area contributed by atoms with E-state index in [0.29, 0.717) is 22.6 Å². The van der Waals surface area contributed by atoms with Crippen LogP contribution in [-0.2, 0) is 4.79 Å². The van der Waals surface area contributed by atoms with Crippen LogP contribution in [0.2, 0.25) is 0 Å². The fourth-order valence-corrected chi connectivity index (χ4v) is 3.86. The van der Waals surface area contributed by atoms with E-state index in [0.717, 1.165) is 30.5 Å². The maximum Gasteiger partial charge on any atom is 0.266 e. The number of aryl methyl sites for hydroxylation is 1. The van der Waals surface area contributed by atoms with E-state index in [1.165, 1.54) is 11.8 Å². The number of benzene rings is 2. The van der Waals surface area contributed by atoms with Gasteiger partial charge in [0.25, 0.3) is 5.56 Å². The van der Waals surface area contributed by atoms with Crippen LogP contribution in [0.15, 0.2) is 58.5 Å². The van der Waals surface area contributed by atoms with Gasteiger partial charge in [0.15, 0.2) is 5.16 Å². The lowest BCUT2D eigenvalue weighted by atomic mass is 10.2. The second kappa shape index (κ2) is 9.55. The number of carbonyl (C=O) groups excluding carboxylic acids is 1. The Hall–Kier alpha value is -2.60. The van der Waals surface area contributed by atoms with Crippen LogP contribution in [0, 0.1) is 6.92 Å². The summed E-state index contributed by atoms with van der Waals surface area (Å²) in [6.07, 6.45) is 3.20. The molecule has 0 unspecified atom stereocenters. The molecule has 0 fully saturated rings. The first-order chi connectivity index (χ1) is 13.6. The van der Waals surface area contributed by atoms with Gasteiger partial charge in [0.1, 0.15) is 0 Å². The van der Waals surface area contributed by atoms with Crippen molar-refractivity contribution >= 4 is 28.6 Å². The number of fused-ring (bicyclic) bond motifs is 1. The molecule has 0 aliphatic carbocycles. The highest BCUT2D eigenvalue weighted by Gasteiger charge is 2.15. The number of hydrogen-bond donors (Lipinski definition) is 1. The van der Waals surface area contributed by atoms with Gasteiger partial charge in [-0.15, -0.1) is 0 Å². The molecule has 1 amide bonds. The molecule has 0 aliphatic rings. The molecule has 0 radical (unpaired) electrons. The van der Waals surface area contributed by atoms with E-state index >= 15 is 0 Å². The summed E-state index contributed by atoms with van der Waals surface area (Å²) >= 11 is 1.29.